The zero-order chi connectivity index (χ0) is 15.1. The van der Waals surface area contributed by atoms with Gasteiger partial charge in [-0.1, -0.05) is 6.07 Å². The molecular weight excluding hydrogens is 292 g/mol. The third-order valence-electron chi connectivity index (χ3n) is 2.88. The smallest absolute Gasteiger partial charge is 0.352 e. The highest BCUT2D eigenvalue weighted by atomic mass is 32.1. The highest BCUT2D eigenvalue weighted by molar-refractivity contribution is 7.20. The molecule has 0 atom stereocenters. The van der Waals surface area contributed by atoms with Crippen molar-refractivity contribution in [3.63, 3.8) is 0 Å². The number of carbonyl (C=O) groups is 1. The fourth-order valence-corrected chi connectivity index (χ4v) is 2.96. The van der Waals surface area contributed by atoms with Crippen LogP contribution in [0.25, 0.3) is 15.9 Å². The van der Waals surface area contributed by atoms with Crippen LogP contribution in [0, 0.1) is 0 Å². The van der Waals surface area contributed by atoms with Crippen molar-refractivity contribution < 1.29 is 14.6 Å². The summed E-state index contributed by atoms with van der Waals surface area (Å²) >= 11 is 0.954. The van der Waals surface area contributed by atoms with Crippen LogP contribution in [0.2, 0.25) is 0 Å². The fourth-order valence-electron chi connectivity index (χ4n) is 2.01. The molecule has 0 spiro atoms. The van der Waals surface area contributed by atoms with Crippen LogP contribution in [0.4, 0.5) is 0 Å². The van der Waals surface area contributed by atoms with Gasteiger partial charge in [-0.05, 0) is 26.0 Å². The van der Waals surface area contributed by atoms with Gasteiger partial charge in [0.25, 0.3) is 5.56 Å². The SMILES string of the molecule is CC(C)OC(=O)c1sc2nc3ccccn3c(=O)c2c1O. The second-order valence-corrected chi connectivity index (χ2v) is 5.76. The molecule has 0 saturated heterocycles. The zero-order valence-corrected chi connectivity index (χ0v) is 12.2. The number of rotatable bonds is 2. The molecule has 3 rings (SSSR count). The van der Waals surface area contributed by atoms with Crippen LogP contribution in [-0.2, 0) is 4.74 Å². The predicted octanol–water partition coefficient (Wildman–Crippen LogP) is 2.18. The van der Waals surface area contributed by atoms with Gasteiger partial charge in [0.2, 0.25) is 0 Å². The molecule has 0 aromatic carbocycles. The molecule has 0 bridgehead atoms. The summed E-state index contributed by atoms with van der Waals surface area (Å²) in [6, 6.07) is 5.14. The summed E-state index contributed by atoms with van der Waals surface area (Å²) in [5, 5.41) is 10.2. The molecule has 3 aromatic rings. The van der Waals surface area contributed by atoms with Crippen LogP contribution in [0.5, 0.6) is 5.75 Å². The van der Waals surface area contributed by atoms with Gasteiger partial charge in [0.1, 0.15) is 15.9 Å². The van der Waals surface area contributed by atoms with Gasteiger partial charge in [0.15, 0.2) is 10.6 Å². The van der Waals surface area contributed by atoms with E-state index < -0.39 is 11.5 Å². The molecule has 21 heavy (non-hydrogen) atoms. The monoisotopic (exact) mass is 304 g/mol. The highest BCUT2D eigenvalue weighted by Crippen LogP contribution is 2.34. The highest BCUT2D eigenvalue weighted by Gasteiger charge is 2.23. The van der Waals surface area contributed by atoms with E-state index in [2.05, 4.69) is 4.98 Å². The number of esters is 1. The number of nitrogens with zero attached hydrogens (tertiary/aromatic N) is 2. The van der Waals surface area contributed by atoms with Crippen LogP contribution < -0.4 is 5.56 Å². The molecule has 108 valence electrons. The number of fused-ring (bicyclic) bond motifs is 2. The number of carbonyl (C=O) groups excluding carboxylic acids is 1. The first-order valence-electron chi connectivity index (χ1n) is 6.33. The topological polar surface area (TPSA) is 80.9 Å². The molecule has 0 unspecified atom stereocenters. The minimum absolute atomic E-state index is 0.000735. The summed E-state index contributed by atoms with van der Waals surface area (Å²) in [4.78, 5) is 28.9. The number of ether oxygens (including phenoxy) is 1. The van der Waals surface area contributed by atoms with Gasteiger partial charge in [-0.3, -0.25) is 9.20 Å². The number of pyridine rings is 1. The number of hydrogen-bond acceptors (Lipinski definition) is 6. The number of hydrogen-bond donors (Lipinski definition) is 1. The molecule has 3 heterocycles. The van der Waals surface area contributed by atoms with E-state index in [1.54, 1.807) is 38.2 Å². The maximum absolute atomic E-state index is 12.4. The molecule has 1 N–H and O–H groups in total. The van der Waals surface area contributed by atoms with Crippen molar-refractivity contribution >= 4 is 33.2 Å². The molecule has 0 radical (unpaired) electrons. The average molecular weight is 304 g/mol. The van der Waals surface area contributed by atoms with Gasteiger partial charge in [0, 0.05) is 6.20 Å². The Bertz CT molecular complexity index is 910. The Morgan fingerprint density at radius 3 is 2.90 bits per heavy atom. The van der Waals surface area contributed by atoms with Gasteiger partial charge in [-0.25, -0.2) is 9.78 Å². The fraction of sp³-hybridized carbons (Fsp3) is 0.214. The maximum atomic E-state index is 12.4. The molecule has 7 heteroatoms. The summed E-state index contributed by atoms with van der Waals surface area (Å²) in [6.45, 7) is 3.42. The van der Waals surface area contributed by atoms with Crippen LogP contribution in [0.15, 0.2) is 29.2 Å². The Balaban J connectivity index is 2.29. The molecule has 0 aliphatic heterocycles. The average Bonchev–Trinajstić information content (AvgIpc) is 2.76. The van der Waals surface area contributed by atoms with E-state index in [0.717, 1.165) is 11.3 Å². The van der Waals surface area contributed by atoms with E-state index in [1.165, 1.54) is 4.40 Å². The van der Waals surface area contributed by atoms with Crippen LogP contribution in [0.1, 0.15) is 23.5 Å². The molecule has 0 amide bonds. The third-order valence-corrected chi connectivity index (χ3v) is 3.93. The van der Waals surface area contributed by atoms with Crippen LogP contribution >= 0.6 is 11.3 Å². The summed E-state index contributed by atoms with van der Waals surface area (Å²) in [5.41, 5.74) is 0.0490. The van der Waals surface area contributed by atoms with E-state index >= 15 is 0 Å². The summed E-state index contributed by atoms with van der Waals surface area (Å²) in [6.07, 6.45) is 1.25. The lowest BCUT2D eigenvalue weighted by atomic mass is 10.3. The molecular formula is C14H12N2O4S. The summed E-state index contributed by atoms with van der Waals surface area (Å²) in [7, 11) is 0. The van der Waals surface area contributed by atoms with Crippen LogP contribution in [0.3, 0.4) is 0 Å². The normalized spacial score (nSPS) is 11.4. The molecule has 3 aromatic heterocycles. The van der Waals surface area contributed by atoms with Gasteiger partial charge in [0.05, 0.1) is 6.10 Å². The molecule has 0 fully saturated rings. The van der Waals surface area contributed by atoms with Gasteiger partial charge < -0.3 is 9.84 Å². The molecule has 0 saturated carbocycles. The van der Waals surface area contributed by atoms with Crippen LogP contribution in [-0.4, -0.2) is 26.6 Å². The second kappa shape index (κ2) is 4.85. The van der Waals surface area contributed by atoms with Crippen molar-refractivity contribution in [1.29, 1.82) is 0 Å². The first-order chi connectivity index (χ1) is 9.99. The molecule has 6 nitrogen and oxygen atoms in total. The van der Waals surface area contributed by atoms with Crippen molar-refractivity contribution in [2.75, 3.05) is 0 Å². The second-order valence-electron chi connectivity index (χ2n) is 4.76. The van der Waals surface area contributed by atoms with Crippen molar-refractivity contribution in [2.45, 2.75) is 20.0 Å². The lowest BCUT2D eigenvalue weighted by Crippen LogP contribution is -2.14. The first kappa shape index (κ1) is 13.6. The summed E-state index contributed by atoms with van der Waals surface area (Å²) in [5.74, 6) is -1.02. The first-order valence-corrected chi connectivity index (χ1v) is 7.14. The standard InChI is InChI=1S/C14H12N2O4S/c1-7(2)20-14(19)11-10(17)9-12(21-11)15-8-5-3-4-6-16(8)13(9)18/h3-7,17H,1-2H3. The van der Waals surface area contributed by atoms with E-state index in [0.29, 0.717) is 10.5 Å². The van der Waals surface area contributed by atoms with Crippen molar-refractivity contribution in [3.8, 4) is 5.75 Å². The van der Waals surface area contributed by atoms with E-state index in [4.69, 9.17) is 4.74 Å². The van der Waals surface area contributed by atoms with Gasteiger partial charge in [-0.2, -0.15) is 0 Å². The number of aromatic nitrogens is 2. The maximum Gasteiger partial charge on any atom is 0.352 e. The Morgan fingerprint density at radius 2 is 2.19 bits per heavy atom. The third kappa shape index (κ3) is 2.15. The lowest BCUT2D eigenvalue weighted by molar-refractivity contribution is 0.0381. The molecule has 0 aliphatic rings. The predicted molar refractivity (Wildman–Crippen MR) is 79.1 cm³/mol. The quantitative estimate of drug-likeness (QED) is 0.734. The minimum atomic E-state index is -0.654. The molecule has 0 aliphatic carbocycles. The van der Waals surface area contributed by atoms with Gasteiger partial charge >= 0.3 is 5.97 Å². The minimum Gasteiger partial charge on any atom is -0.505 e. The van der Waals surface area contributed by atoms with Crippen molar-refractivity contribution in [1.82, 2.24) is 9.38 Å². The van der Waals surface area contributed by atoms with E-state index in [9.17, 15) is 14.7 Å². The summed E-state index contributed by atoms with van der Waals surface area (Å²) < 4.78 is 6.38. The van der Waals surface area contributed by atoms with Gasteiger partial charge in [-0.15, -0.1) is 11.3 Å². The zero-order valence-electron chi connectivity index (χ0n) is 11.4. The van der Waals surface area contributed by atoms with Crippen molar-refractivity contribution in [3.05, 3.63) is 39.6 Å². The van der Waals surface area contributed by atoms with E-state index in [-0.39, 0.29) is 22.1 Å². The number of thiophene rings is 1. The Hall–Kier alpha value is -2.41. The Kier molecular flexibility index (Phi) is 3.13. The number of aromatic hydroxyl groups is 1. The Labute approximate surface area is 123 Å². The Morgan fingerprint density at radius 1 is 1.43 bits per heavy atom. The van der Waals surface area contributed by atoms with Crippen molar-refractivity contribution in [2.24, 2.45) is 0 Å². The largest absolute Gasteiger partial charge is 0.505 e. The lowest BCUT2D eigenvalue weighted by Gasteiger charge is -2.05. The van der Waals surface area contributed by atoms with E-state index in [1.807, 2.05) is 0 Å².